The van der Waals surface area contributed by atoms with Crippen molar-refractivity contribution in [2.75, 3.05) is 12.4 Å². The molecule has 5 heteroatoms. The quantitative estimate of drug-likeness (QED) is 0.800. The van der Waals surface area contributed by atoms with Crippen LogP contribution < -0.4 is 10.1 Å². The molecule has 2 aromatic carbocycles. The Hall–Kier alpha value is -2.56. The number of hydrogen-bond donors (Lipinski definition) is 1. The number of ether oxygens (including phenoxy) is 2. The molecule has 0 aliphatic rings. The van der Waals surface area contributed by atoms with E-state index in [1.54, 1.807) is 6.07 Å². The number of halogens is 1. The summed E-state index contributed by atoms with van der Waals surface area (Å²) in [5.74, 6) is 0.304. The summed E-state index contributed by atoms with van der Waals surface area (Å²) in [7, 11) is 1.26. The Kier molecular flexibility index (Phi) is 6.39. The van der Waals surface area contributed by atoms with Gasteiger partial charge < -0.3 is 9.47 Å². The predicted molar refractivity (Wildman–Crippen MR) is 96.7 cm³/mol. The highest BCUT2D eigenvalue weighted by molar-refractivity contribution is 5.85. The zero-order valence-corrected chi connectivity index (χ0v) is 15.1. The molecule has 0 spiro atoms. The minimum Gasteiger partial charge on any atom is -0.488 e. The number of nitrogens with one attached hydrogen (secondary N) is 1. The van der Waals surface area contributed by atoms with Gasteiger partial charge in [-0.2, -0.15) is 0 Å². The Labute approximate surface area is 148 Å². The van der Waals surface area contributed by atoms with E-state index < -0.39 is 11.9 Å². The predicted octanol–water partition coefficient (Wildman–Crippen LogP) is 5.02. The van der Waals surface area contributed by atoms with Gasteiger partial charge in [0.1, 0.15) is 18.2 Å². The Balaban J connectivity index is 2.27. The molecule has 134 valence electrons. The van der Waals surface area contributed by atoms with Crippen LogP contribution in [0.5, 0.6) is 5.75 Å². The molecule has 0 saturated heterocycles. The van der Waals surface area contributed by atoms with Crippen LogP contribution in [0.1, 0.15) is 36.1 Å². The van der Waals surface area contributed by atoms with Gasteiger partial charge in [-0.1, -0.05) is 26.0 Å². The van der Waals surface area contributed by atoms with Gasteiger partial charge >= 0.3 is 6.09 Å². The van der Waals surface area contributed by atoms with E-state index >= 15 is 0 Å². The van der Waals surface area contributed by atoms with Crippen molar-refractivity contribution in [3.63, 3.8) is 0 Å². The van der Waals surface area contributed by atoms with Crippen molar-refractivity contribution in [3.05, 3.63) is 58.4 Å². The van der Waals surface area contributed by atoms with Gasteiger partial charge in [-0.3, -0.25) is 5.32 Å². The second-order valence-electron chi connectivity index (χ2n) is 5.76. The molecular formula is C20H24FNO3. The van der Waals surface area contributed by atoms with Gasteiger partial charge in [-0.25, -0.2) is 9.18 Å². The van der Waals surface area contributed by atoms with Crippen LogP contribution in [-0.2, 0) is 24.2 Å². The minimum absolute atomic E-state index is 0.0178. The van der Waals surface area contributed by atoms with Crippen LogP contribution in [0.3, 0.4) is 0 Å². The third kappa shape index (κ3) is 4.50. The molecule has 0 radical (unpaired) electrons. The van der Waals surface area contributed by atoms with E-state index in [-0.39, 0.29) is 12.2 Å². The number of carbonyl (C=O) groups excluding carboxylic acids is 1. The number of carbonyl (C=O) groups is 1. The van der Waals surface area contributed by atoms with E-state index in [4.69, 9.17) is 4.74 Å². The lowest BCUT2D eigenvalue weighted by Crippen LogP contribution is -2.14. The van der Waals surface area contributed by atoms with Gasteiger partial charge in [0.2, 0.25) is 0 Å². The Morgan fingerprint density at radius 1 is 1.16 bits per heavy atom. The largest absolute Gasteiger partial charge is 0.488 e. The van der Waals surface area contributed by atoms with Gasteiger partial charge in [-0.05, 0) is 54.7 Å². The molecule has 0 heterocycles. The molecule has 25 heavy (non-hydrogen) atoms. The molecule has 2 aromatic rings. The lowest BCUT2D eigenvalue weighted by molar-refractivity contribution is 0.187. The van der Waals surface area contributed by atoms with Crippen LogP contribution in [0.25, 0.3) is 0 Å². The maximum Gasteiger partial charge on any atom is 0.411 e. The Bertz CT molecular complexity index is 759. The lowest BCUT2D eigenvalue weighted by atomic mass is 10.0. The molecule has 4 nitrogen and oxygen atoms in total. The van der Waals surface area contributed by atoms with Crippen LogP contribution in [0.4, 0.5) is 14.9 Å². The molecule has 0 saturated carbocycles. The molecule has 0 aromatic heterocycles. The summed E-state index contributed by atoms with van der Waals surface area (Å²) in [5, 5.41) is 2.51. The number of rotatable bonds is 6. The van der Waals surface area contributed by atoms with Crippen molar-refractivity contribution in [1.29, 1.82) is 0 Å². The van der Waals surface area contributed by atoms with Crippen LogP contribution >= 0.6 is 0 Å². The molecule has 0 aliphatic carbocycles. The standard InChI is InChI=1S/C20H24FNO3/c1-5-14-11-15(6-2)19(10-13(14)3)25-12-16-17(21)8-7-9-18(16)22-20(23)24-4/h7-11H,5-6,12H2,1-4H3,(H,22,23). The van der Waals surface area contributed by atoms with Gasteiger partial charge in [0.25, 0.3) is 0 Å². The zero-order valence-electron chi connectivity index (χ0n) is 15.1. The first-order valence-electron chi connectivity index (χ1n) is 8.37. The van der Waals surface area contributed by atoms with Crippen LogP contribution in [0.15, 0.2) is 30.3 Å². The molecule has 0 unspecified atom stereocenters. The summed E-state index contributed by atoms with van der Waals surface area (Å²) in [6.45, 7) is 6.24. The fourth-order valence-corrected chi connectivity index (χ4v) is 2.70. The van der Waals surface area contributed by atoms with Gasteiger partial charge in [0.15, 0.2) is 0 Å². The summed E-state index contributed by atoms with van der Waals surface area (Å²) in [5.41, 5.74) is 4.14. The van der Waals surface area contributed by atoms with Crippen LogP contribution in [-0.4, -0.2) is 13.2 Å². The van der Waals surface area contributed by atoms with Crippen molar-refractivity contribution in [1.82, 2.24) is 0 Å². The van der Waals surface area contributed by atoms with Crippen LogP contribution in [0.2, 0.25) is 0 Å². The highest BCUT2D eigenvalue weighted by Gasteiger charge is 2.14. The smallest absolute Gasteiger partial charge is 0.411 e. The SMILES string of the molecule is CCc1cc(CC)c(OCc2c(F)cccc2NC(=O)OC)cc1C. The zero-order chi connectivity index (χ0) is 18.4. The molecule has 1 N–H and O–H groups in total. The molecule has 0 bridgehead atoms. The molecule has 0 fully saturated rings. The molecule has 1 amide bonds. The first-order valence-corrected chi connectivity index (χ1v) is 8.37. The number of hydrogen-bond acceptors (Lipinski definition) is 3. The minimum atomic E-state index is -0.649. The van der Waals surface area contributed by atoms with E-state index in [9.17, 15) is 9.18 Å². The first kappa shape index (κ1) is 18.8. The average Bonchev–Trinajstić information content (AvgIpc) is 2.61. The lowest BCUT2D eigenvalue weighted by Gasteiger charge is -2.16. The normalized spacial score (nSPS) is 10.4. The number of methoxy groups -OCH3 is 1. The number of benzene rings is 2. The van der Waals surface area contributed by atoms with Crippen LogP contribution in [0, 0.1) is 12.7 Å². The highest BCUT2D eigenvalue weighted by Crippen LogP contribution is 2.27. The summed E-state index contributed by atoms with van der Waals surface area (Å²) >= 11 is 0. The Morgan fingerprint density at radius 3 is 2.52 bits per heavy atom. The maximum atomic E-state index is 14.2. The summed E-state index contributed by atoms with van der Waals surface area (Å²) < 4.78 is 24.7. The number of amides is 1. The van der Waals surface area contributed by atoms with Gasteiger partial charge in [0, 0.05) is 5.56 Å². The fraction of sp³-hybridized carbons (Fsp3) is 0.350. The molecule has 2 rings (SSSR count). The van der Waals surface area contributed by atoms with E-state index in [1.807, 2.05) is 13.0 Å². The topological polar surface area (TPSA) is 47.6 Å². The Morgan fingerprint density at radius 2 is 1.88 bits per heavy atom. The monoisotopic (exact) mass is 345 g/mol. The number of aryl methyl sites for hydroxylation is 3. The van der Waals surface area contributed by atoms with Crippen molar-refractivity contribution < 1.29 is 18.7 Å². The van der Waals surface area contributed by atoms with Crippen molar-refractivity contribution in [3.8, 4) is 5.75 Å². The fourth-order valence-electron chi connectivity index (χ4n) is 2.70. The summed E-state index contributed by atoms with van der Waals surface area (Å²) in [4.78, 5) is 11.4. The maximum absolute atomic E-state index is 14.2. The third-order valence-corrected chi connectivity index (χ3v) is 4.19. The summed E-state index contributed by atoms with van der Waals surface area (Å²) in [6.07, 6.45) is 1.14. The second-order valence-corrected chi connectivity index (χ2v) is 5.76. The van der Waals surface area contributed by atoms with Crippen molar-refractivity contribution in [2.45, 2.75) is 40.2 Å². The van der Waals surface area contributed by atoms with E-state index in [1.165, 1.54) is 24.8 Å². The molecule has 0 atom stereocenters. The second kappa shape index (κ2) is 8.51. The third-order valence-electron chi connectivity index (χ3n) is 4.19. The van der Waals surface area contributed by atoms with E-state index in [0.717, 1.165) is 29.7 Å². The van der Waals surface area contributed by atoms with Crippen molar-refractivity contribution in [2.24, 2.45) is 0 Å². The summed E-state index contributed by atoms with van der Waals surface area (Å²) in [6, 6.07) is 8.62. The number of anilines is 1. The molecular weight excluding hydrogens is 321 g/mol. The highest BCUT2D eigenvalue weighted by atomic mass is 19.1. The molecule has 0 aliphatic heterocycles. The van der Waals surface area contributed by atoms with E-state index in [0.29, 0.717) is 5.69 Å². The van der Waals surface area contributed by atoms with Gasteiger partial charge in [0.05, 0.1) is 12.8 Å². The van der Waals surface area contributed by atoms with E-state index in [2.05, 4.69) is 30.0 Å². The average molecular weight is 345 g/mol. The first-order chi connectivity index (χ1) is 12.0. The van der Waals surface area contributed by atoms with Gasteiger partial charge in [-0.15, -0.1) is 0 Å². The van der Waals surface area contributed by atoms with Crippen molar-refractivity contribution >= 4 is 11.8 Å².